The van der Waals surface area contributed by atoms with E-state index in [-0.39, 0.29) is 6.10 Å². The van der Waals surface area contributed by atoms with Gasteiger partial charge in [0.25, 0.3) is 0 Å². The molecule has 0 aromatic heterocycles. The summed E-state index contributed by atoms with van der Waals surface area (Å²) in [6.07, 6.45) is 4.75. The van der Waals surface area contributed by atoms with Gasteiger partial charge in [-0.25, -0.2) is 0 Å². The predicted molar refractivity (Wildman–Crippen MR) is 96.4 cm³/mol. The van der Waals surface area contributed by atoms with Gasteiger partial charge in [-0.15, -0.1) is 0 Å². The van der Waals surface area contributed by atoms with Crippen molar-refractivity contribution in [2.75, 3.05) is 6.61 Å². The lowest BCUT2D eigenvalue weighted by atomic mass is 9.68. The van der Waals surface area contributed by atoms with Crippen LogP contribution in [0.4, 0.5) is 0 Å². The maximum Gasteiger partial charge on any atom is 0.191 e. The normalized spacial score (nSPS) is 37.1. The number of fused-ring (bicyclic) bond motifs is 1. The van der Waals surface area contributed by atoms with Gasteiger partial charge in [0.1, 0.15) is 0 Å². The largest absolute Gasteiger partial charge is 0.417 e. The van der Waals surface area contributed by atoms with Crippen LogP contribution in [0.2, 0.25) is 18.1 Å². The molecule has 6 atom stereocenters. The van der Waals surface area contributed by atoms with E-state index in [2.05, 4.69) is 34.6 Å². The molecule has 0 spiro atoms. The molecule has 2 fully saturated rings. The third kappa shape index (κ3) is 3.62. The van der Waals surface area contributed by atoms with E-state index in [4.69, 9.17) is 4.43 Å². The second-order valence-corrected chi connectivity index (χ2v) is 12.9. The molecule has 1 N–H and O–H groups in total. The lowest BCUT2D eigenvalue weighted by molar-refractivity contribution is -0.000706. The van der Waals surface area contributed by atoms with Crippen molar-refractivity contribution in [3.8, 4) is 0 Å². The first-order chi connectivity index (χ1) is 10.5. The molecular weight excluding hydrogens is 288 g/mol. The van der Waals surface area contributed by atoms with Crippen LogP contribution in [0.3, 0.4) is 0 Å². The highest BCUT2D eigenvalue weighted by Crippen LogP contribution is 2.51. The Balaban J connectivity index is 1.96. The second-order valence-electron chi connectivity index (χ2n) is 8.14. The molecule has 1 unspecified atom stereocenters. The molecule has 130 valence electrons. The Hall–Kier alpha value is 0.137. The number of rotatable bonds is 7. The van der Waals surface area contributed by atoms with Gasteiger partial charge in [0.15, 0.2) is 8.32 Å². The highest BCUT2D eigenvalue weighted by molar-refractivity contribution is 6.73. The minimum absolute atomic E-state index is 0.0327. The Kier molecular flexibility index (Phi) is 6.55. The molecule has 2 nitrogen and oxygen atoms in total. The van der Waals surface area contributed by atoms with Crippen LogP contribution in [-0.4, -0.2) is 26.1 Å². The molecule has 0 saturated heterocycles. The summed E-state index contributed by atoms with van der Waals surface area (Å²) in [5, 5.41) is 10.3. The van der Waals surface area contributed by atoms with Crippen LogP contribution in [0.15, 0.2) is 0 Å². The molecule has 3 heteroatoms. The predicted octanol–water partition coefficient (Wildman–Crippen LogP) is 5.08. The maximum absolute atomic E-state index is 10.3. The molecule has 2 saturated carbocycles. The van der Waals surface area contributed by atoms with Gasteiger partial charge in [0, 0.05) is 6.61 Å². The molecular formula is C19H38O2Si. The van der Waals surface area contributed by atoms with Gasteiger partial charge in [-0.1, -0.05) is 34.6 Å². The van der Waals surface area contributed by atoms with Crippen molar-refractivity contribution in [3.63, 3.8) is 0 Å². The van der Waals surface area contributed by atoms with Crippen molar-refractivity contribution in [3.05, 3.63) is 0 Å². The first-order valence-electron chi connectivity index (χ1n) is 9.80. The third-order valence-electron chi connectivity index (χ3n) is 7.21. The van der Waals surface area contributed by atoms with E-state index < -0.39 is 8.32 Å². The maximum atomic E-state index is 10.3. The second kappa shape index (κ2) is 7.81. The van der Waals surface area contributed by atoms with Crippen LogP contribution in [-0.2, 0) is 4.43 Å². The van der Waals surface area contributed by atoms with E-state index in [1.807, 2.05) is 0 Å². The van der Waals surface area contributed by atoms with E-state index in [1.54, 1.807) is 0 Å². The highest BCUT2D eigenvalue weighted by atomic mass is 28.4. The third-order valence-corrected chi connectivity index (χ3v) is 11.9. The fraction of sp³-hybridized carbons (Fsp3) is 1.00. The molecule has 2 aliphatic rings. The van der Waals surface area contributed by atoms with Crippen LogP contribution in [0, 0.1) is 29.6 Å². The molecule has 2 aliphatic carbocycles. The van der Waals surface area contributed by atoms with Crippen molar-refractivity contribution in [2.45, 2.75) is 84.5 Å². The number of aliphatic hydroxyl groups is 1. The molecule has 22 heavy (non-hydrogen) atoms. The van der Waals surface area contributed by atoms with E-state index in [0.717, 1.165) is 30.8 Å². The number of hydrogen-bond donors (Lipinski definition) is 1. The summed E-state index contributed by atoms with van der Waals surface area (Å²) in [5.41, 5.74) is 0. The molecule has 0 aliphatic heterocycles. The van der Waals surface area contributed by atoms with Crippen molar-refractivity contribution < 1.29 is 9.53 Å². The molecule has 0 amide bonds. The van der Waals surface area contributed by atoms with Gasteiger partial charge in [-0.05, 0) is 73.4 Å². The van der Waals surface area contributed by atoms with Crippen molar-refractivity contribution in [2.24, 2.45) is 29.6 Å². The van der Waals surface area contributed by atoms with Gasteiger partial charge in [0.05, 0.1) is 6.10 Å². The average molecular weight is 327 g/mol. The minimum atomic E-state index is -1.45. The summed E-state index contributed by atoms with van der Waals surface area (Å²) in [5.74, 6) is 3.52. The first kappa shape index (κ1) is 18.5. The zero-order chi connectivity index (χ0) is 16.3. The number of hydrogen-bond acceptors (Lipinski definition) is 2. The molecule has 0 aromatic carbocycles. The number of aliphatic hydroxyl groups excluding tert-OH is 1. The summed E-state index contributed by atoms with van der Waals surface area (Å²) in [6.45, 7) is 12.7. The lowest BCUT2D eigenvalue weighted by Crippen LogP contribution is -2.41. The minimum Gasteiger partial charge on any atom is -0.417 e. The van der Waals surface area contributed by atoms with E-state index in [0.29, 0.717) is 11.8 Å². The molecule has 2 rings (SSSR count). The molecule has 0 radical (unpaired) electrons. The summed E-state index contributed by atoms with van der Waals surface area (Å²) in [7, 11) is -1.45. The summed E-state index contributed by atoms with van der Waals surface area (Å²) in [6, 6.07) is 3.75. The Morgan fingerprint density at radius 2 is 1.68 bits per heavy atom. The Labute approximate surface area is 139 Å². The summed E-state index contributed by atoms with van der Waals surface area (Å²) < 4.78 is 6.57. The van der Waals surface area contributed by atoms with Crippen LogP contribution >= 0.6 is 0 Å². The van der Waals surface area contributed by atoms with E-state index in [9.17, 15) is 5.11 Å². The zero-order valence-corrected chi connectivity index (χ0v) is 16.5. The van der Waals surface area contributed by atoms with E-state index in [1.165, 1.54) is 37.4 Å². The van der Waals surface area contributed by atoms with Crippen LogP contribution in [0.1, 0.15) is 60.3 Å². The van der Waals surface area contributed by atoms with Crippen LogP contribution in [0.5, 0.6) is 0 Å². The quantitative estimate of drug-likeness (QED) is 0.661. The molecule has 0 bridgehead atoms. The average Bonchev–Trinajstić information content (AvgIpc) is 2.99. The SMILES string of the molecule is CC[Si](CC)(CC)OC[C@H](C)[C@@H]1CC[C@@H]2C1[C@@H](C)CC[C@H]2O. The summed E-state index contributed by atoms with van der Waals surface area (Å²) in [4.78, 5) is 0. The Morgan fingerprint density at radius 3 is 2.27 bits per heavy atom. The first-order valence-corrected chi connectivity index (χ1v) is 12.3. The van der Waals surface area contributed by atoms with Gasteiger partial charge in [-0.3, -0.25) is 0 Å². The fourth-order valence-electron chi connectivity index (χ4n) is 5.37. The highest BCUT2D eigenvalue weighted by Gasteiger charge is 2.47. The van der Waals surface area contributed by atoms with Gasteiger partial charge in [-0.2, -0.15) is 0 Å². The fourth-order valence-corrected chi connectivity index (χ4v) is 8.10. The van der Waals surface area contributed by atoms with Crippen LogP contribution in [0.25, 0.3) is 0 Å². The van der Waals surface area contributed by atoms with Crippen LogP contribution < -0.4 is 0 Å². The van der Waals surface area contributed by atoms with E-state index >= 15 is 0 Å². The standard InChI is InChI=1S/C19H38O2Si/c1-6-22(7-2,8-3)21-13-15(5)16-10-11-17-18(20)12-9-14(4)19(16)17/h14-20H,6-13H2,1-5H3/t14-,15-,16-,17-,18+,19?/m0/s1. The Bertz CT molecular complexity index is 334. The van der Waals surface area contributed by atoms with Crippen molar-refractivity contribution in [1.82, 2.24) is 0 Å². The smallest absolute Gasteiger partial charge is 0.191 e. The molecule has 0 heterocycles. The lowest BCUT2D eigenvalue weighted by Gasteiger charge is -2.40. The topological polar surface area (TPSA) is 29.5 Å². The van der Waals surface area contributed by atoms with Crippen molar-refractivity contribution >= 4 is 8.32 Å². The van der Waals surface area contributed by atoms with Gasteiger partial charge in [0.2, 0.25) is 0 Å². The monoisotopic (exact) mass is 326 g/mol. The summed E-state index contributed by atoms with van der Waals surface area (Å²) >= 11 is 0. The zero-order valence-electron chi connectivity index (χ0n) is 15.5. The Morgan fingerprint density at radius 1 is 1.05 bits per heavy atom. The van der Waals surface area contributed by atoms with Gasteiger partial charge < -0.3 is 9.53 Å². The molecule has 0 aromatic rings. The van der Waals surface area contributed by atoms with Crippen molar-refractivity contribution in [1.29, 1.82) is 0 Å². The van der Waals surface area contributed by atoms with Gasteiger partial charge >= 0.3 is 0 Å².